The molecule has 0 aliphatic carbocycles. The van der Waals surface area contributed by atoms with E-state index in [9.17, 15) is 4.79 Å². The smallest absolute Gasteiger partial charge is 0.266 e. The number of anilines is 1. The lowest BCUT2D eigenvalue weighted by atomic mass is 10.0. The highest BCUT2D eigenvalue weighted by atomic mass is 16.7. The number of carbonyl (C=O) groups excluding carboxylic acids is 1. The van der Waals surface area contributed by atoms with E-state index in [1.165, 1.54) is 19.4 Å². The highest BCUT2D eigenvalue weighted by Gasteiger charge is 2.19. The summed E-state index contributed by atoms with van der Waals surface area (Å²) in [5.41, 5.74) is 2.43. The Morgan fingerprint density at radius 2 is 2.11 bits per heavy atom. The summed E-state index contributed by atoms with van der Waals surface area (Å²) in [5.74, 6) is -0.132. The second-order valence-electron chi connectivity index (χ2n) is 3.94. The molecule has 1 aliphatic rings. The predicted octanol–water partition coefficient (Wildman–Crippen LogP) is 1.70. The number of amides is 1. The van der Waals surface area contributed by atoms with Crippen molar-refractivity contribution in [2.75, 3.05) is 11.9 Å². The average Bonchev–Trinajstić information content (AvgIpc) is 2.82. The Labute approximate surface area is 105 Å². The van der Waals surface area contributed by atoms with E-state index in [2.05, 4.69) is 5.32 Å². The van der Waals surface area contributed by atoms with Gasteiger partial charge in [-0.25, -0.2) is 0 Å². The number of rotatable bonds is 4. The van der Waals surface area contributed by atoms with E-state index in [1.54, 1.807) is 6.07 Å². The zero-order valence-corrected chi connectivity index (χ0v) is 10.1. The monoisotopic (exact) mass is 249 g/mol. The van der Waals surface area contributed by atoms with Gasteiger partial charge in [0.15, 0.2) is 0 Å². The van der Waals surface area contributed by atoms with Crippen LogP contribution in [0, 0.1) is 0 Å². The number of aliphatic hydroxyl groups is 1. The van der Waals surface area contributed by atoms with Crippen molar-refractivity contribution >= 4 is 11.6 Å². The summed E-state index contributed by atoms with van der Waals surface area (Å²) in [6.45, 7) is 1.48. The molecule has 2 rings (SSSR count). The zero-order chi connectivity index (χ0) is 13.0. The van der Waals surface area contributed by atoms with E-state index in [0.717, 1.165) is 11.1 Å². The van der Waals surface area contributed by atoms with Gasteiger partial charge in [0.25, 0.3) is 6.29 Å². The summed E-state index contributed by atoms with van der Waals surface area (Å²) in [5, 5.41) is 11.8. The zero-order valence-electron chi connectivity index (χ0n) is 10.1. The largest absolute Gasteiger partial charge is 0.455 e. The molecule has 0 radical (unpaired) electrons. The molecule has 96 valence electrons. The van der Waals surface area contributed by atoms with E-state index in [1.807, 2.05) is 12.1 Å². The van der Waals surface area contributed by atoms with E-state index in [0.29, 0.717) is 12.1 Å². The second-order valence-corrected chi connectivity index (χ2v) is 3.94. The summed E-state index contributed by atoms with van der Waals surface area (Å²) in [6.07, 6.45) is 2.97. The third kappa shape index (κ3) is 2.81. The van der Waals surface area contributed by atoms with Crippen LogP contribution in [0.15, 0.2) is 30.7 Å². The molecular weight excluding hydrogens is 234 g/mol. The molecule has 5 nitrogen and oxygen atoms in total. The average molecular weight is 249 g/mol. The van der Waals surface area contributed by atoms with Crippen molar-refractivity contribution in [2.45, 2.75) is 19.6 Å². The summed E-state index contributed by atoms with van der Waals surface area (Å²) < 4.78 is 10.6. The molecule has 1 aromatic carbocycles. The topological polar surface area (TPSA) is 67.8 Å². The maximum atomic E-state index is 11.0. The quantitative estimate of drug-likeness (QED) is 0.852. The molecule has 0 unspecified atom stereocenters. The van der Waals surface area contributed by atoms with Gasteiger partial charge < -0.3 is 19.9 Å². The second kappa shape index (κ2) is 5.55. The molecule has 0 saturated carbocycles. The van der Waals surface area contributed by atoms with Gasteiger partial charge in [-0.1, -0.05) is 0 Å². The van der Waals surface area contributed by atoms with Gasteiger partial charge in [-0.2, -0.15) is 0 Å². The third-order valence-corrected chi connectivity index (χ3v) is 2.56. The number of hydrogen-bond acceptors (Lipinski definition) is 4. The van der Waals surface area contributed by atoms with E-state index < -0.39 is 6.29 Å². The number of aliphatic hydroxyl groups excluding tert-OH is 1. The van der Waals surface area contributed by atoms with Gasteiger partial charge in [-0.15, -0.1) is 0 Å². The number of carbonyl (C=O) groups is 1. The molecule has 1 heterocycles. The molecule has 1 amide bonds. The maximum Gasteiger partial charge on any atom is 0.266 e. The standard InChI is InChI=1S/C13H15NO4/c1-9(16)14-11-2-3-12(10(8-11)4-5-15)13-17-6-7-18-13/h2-3,6-8,13,15H,4-5H2,1H3,(H,14,16). The molecule has 1 aromatic rings. The Kier molecular flexibility index (Phi) is 3.84. The molecule has 18 heavy (non-hydrogen) atoms. The highest BCUT2D eigenvalue weighted by Crippen LogP contribution is 2.29. The Hall–Kier alpha value is -2.01. The van der Waals surface area contributed by atoms with Crippen molar-refractivity contribution in [2.24, 2.45) is 0 Å². The van der Waals surface area contributed by atoms with Crippen LogP contribution in [-0.4, -0.2) is 17.6 Å². The fourth-order valence-electron chi connectivity index (χ4n) is 1.84. The molecule has 0 atom stereocenters. The highest BCUT2D eigenvalue weighted by molar-refractivity contribution is 5.88. The van der Waals surface area contributed by atoms with E-state index >= 15 is 0 Å². The van der Waals surface area contributed by atoms with Crippen LogP contribution in [0.3, 0.4) is 0 Å². The van der Waals surface area contributed by atoms with Crippen molar-refractivity contribution in [3.63, 3.8) is 0 Å². The summed E-state index contributed by atoms with van der Waals surface area (Å²) in [7, 11) is 0. The molecule has 0 spiro atoms. The summed E-state index contributed by atoms with van der Waals surface area (Å²) in [4.78, 5) is 11.0. The van der Waals surface area contributed by atoms with Gasteiger partial charge >= 0.3 is 0 Å². The van der Waals surface area contributed by atoms with Crippen LogP contribution < -0.4 is 5.32 Å². The van der Waals surface area contributed by atoms with Crippen molar-refractivity contribution in [3.05, 3.63) is 41.9 Å². The molecule has 0 fully saturated rings. The minimum absolute atomic E-state index is 0.0245. The minimum Gasteiger partial charge on any atom is -0.455 e. The first kappa shape index (κ1) is 12.4. The van der Waals surface area contributed by atoms with Gasteiger partial charge in [0.2, 0.25) is 5.91 Å². The van der Waals surface area contributed by atoms with Crippen LogP contribution in [0.4, 0.5) is 5.69 Å². The fourth-order valence-corrected chi connectivity index (χ4v) is 1.84. The van der Waals surface area contributed by atoms with Gasteiger partial charge in [0.05, 0.1) is 0 Å². The molecule has 0 bridgehead atoms. The van der Waals surface area contributed by atoms with E-state index in [4.69, 9.17) is 14.6 Å². The fraction of sp³-hybridized carbons (Fsp3) is 0.308. The number of ether oxygens (including phenoxy) is 2. The first-order valence-electron chi connectivity index (χ1n) is 5.68. The van der Waals surface area contributed by atoms with Gasteiger partial charge in [-0.05, 0) is 30.2 Å². The van der Waals surface area contributed by atoms with Crippen LogP contribution >= 0.6 is 0 Å². The minimum atomic E-state index is -0.474. The lowest BCUT2D eigenvalue weighted by Gasteiger charge is -2.16. The van der Waals surface area contributed by atoms with Gasteiger partial charge in [-0.3, -0.25) is 4.79 Å². The molecule has 5 heteroatoms. The van der Waals surface area contributed by atoms with Crippen molar-refractivity contribution in [1.29, 1.82) is 0 Å². The molecule has 0 saturated heterocycles. The number of hydrogen-bond donors (Lipinski definition) is 2. The first-order chi connectivity index (χ1) is 8.70. The lowest BCUT2D eigenvalue weighted by molar-refractivity contribution is -0.114. The van der Waals surface area contributed by atoms with Crippen LogP contribution in [0.25, 0.3) is 0 Å². The van der Waals surface area contributed by atoms with Crippen LogP contribution in [-0.2, 0) is 20.7 Å². The van der Waals surface area contributed by atoms with Gasteiger partial charge in [0, 0.05) is 24.8 Å². The van der Waals surface area contributed by atoms with Crippen LogP contribution in [0.2, 0.25) is 0 Å². The van der Waals surface area contributed by atoms with Crippen LogP contribution in [0.5, 0.6) is 0 Å². The Balaban J connectivity index is 2.25. The molecule has 1 aliphatic heterocycles. The normalized spacial score (nSPS) is 14.1. The lowest BCUT2D eigenvalue weighted by Crippen LogP contribution is -2.09. The number of benzene rings is 1. The van der Waals surface area contributed by atoms with Crippen molar-refractivity contribution < 1.29 is 19.4 Å². The first-order valence-corrected chi connectivity index (χ1v) is 5.68. The predicted molar refractivity (Wildman–Crippen MR) is 65.6 cm³/mol. The Bertz CT molecular complexity index is 462. The van der Waals surface area contributed by atoms with Crippen molar-refractivity contribution in [1.82, 2.24) is 0 Å². The molecule has 2 N–H and O–H groups in total. The summed E-state index contributed by atoms with van der Waals surface area (Å²) in [6, 6.07) is 5.43. The van der Waals surface area contributed by atoms with Crippen LogP contribution in [0.1, 0.15) is 24.3 Å². The summed E-state index contributed by atoms with van der Waals surface area (Å²) >= 11 is 0. The molecule has 0 aromatic heterocycles. The maximum absolute atomic E-state index is 11.0. The van der Waals surface area contributed by atoms with E-state index in [-0.39, 0.29) is 12.5 Å². The Morgan fingerprint density at radius 3 is 2.72 bits per heavy atom. The Morgan fingerprint density at radius 1 is 1.39 bits per heavy atom. The SMILES string of the molecule is CC(=O)Nc1ccc(C2OC=CO2)c(CCO)c1. The molecular formula is C13H15NO4. The third-order valence-electron chi connectivity index (χ3n) is 2.56. The number of nitrogens with one attached hydrogen (secondary N) is 1. The van der Waals surface area contributed by atoms with Crippen molar-refractivity contribution in [3.8, 4) is 0 Å². The van der Waals surface area contributed by atoms with Gasteiger partial charge in [0.1, 0.15) is 12.5 Å².